The molecule has 3 rings (SSSR count). The summed E-state index contributed by atoms with van der Waals surface area (Å²) >= 11 is 0. The van der Waals surface area contributed by atoms with E-state index in [9.17, 15) is 13.2 Å². The van der Waals surface area contributed by atoms with E-state index in [1.165, 1.54) is 0 Å². The fraction of sp³-hybridized carbons (Fsp3) is 0.158. The highest BCUT2D eigenvalue weighted by atomic mass is 32.2. The van der Waals surface area contributed by atoms with Gasteiger partial charge in [-0.25, -0.2) is 8.42 Å². The highest BCUT2D eigenvalue weighted by Crippen LogP contribution is 2.24. The maximum atomic E-state index is 12.6. The maximum absolute atomic E-state index is 12.6. The number of fused-ring (bicyclic) bond motifs is 1. The van der Waals surface area contributed by atoms with Gasteiger partial charge in [-0.3, -0.25) is 14.1 Å². The van der Waals surface area contributed by atoms with Gasteiger partial charge in [0.05, 0.1) is 23.1 Å². The number of sulfonamides is 1. The molecule has 0 saturated heterocycles. The zero-order chi connectivity index (χ0) is 18.7. The fourth-order valence-electron chi connectivity index (χ4n) is 2.76. The first-order valence-electron chi connectivity index (χ1n) is 8.03. The van der Waals surface area contributed by atoms with E-state index < -0.39 is 15.9 Å². The first kappa shape index (κ1) is 17.9. The maximum Gasteiger partial charge on any atom is 0.245 e. The molecule has 0 saturated carbocycles. The van der Waals surface area contributed by atoms with Gasteiger partial charge in [0, 0.05) is 11.6 Å². The number of rotatable bonds is 5. The Morgan fingerprint density at radius 2 is 1.85 bits per heavy atom. The van der Waals surface area contributed by atoms with Gasteiger partial charge in [0.2, 0.25) is 15.9 Å². The molecule has 0 bridgehead atoms. The number of carbonyl (C=O) groups excluding carboxylic acids is 1. The van der Waals surface area contributed by atoms with E-state index in [1.807, 2.05) is 31.2 Å². The summed E-state index contributed by atoms with van der Waals surface area (Å²) < 4.78 is 25.6. The van der Waals surface area contributed by atoms with Crippen molar-refractivity contribution in [2.45, 2.75) is 6.92 Å². The Kier molecular flexibility index (Phi) is 4.90. The van der Waals surface area contributed by atoms with Crippen LogP contribution in [0.4, 0.5) is 11.4 Å². The molecule has 1 amide bonds. The summed E-state index contributed by atoms with van der Waals surface area (Å²) in [5, 5.41) is 3.59. The van der Waals surface area contributed by atoms with Crippen LogP contribution in [0.1, 0.15) is 5.56 Å². The lowest BCUT2D eigenvalue weighted by atomic mass is 10.2. The minimum atomic E-state index is -3.61. The molecule has 6 nitrogen and oxygen atoms in total. The molecule has 1 N–H and O–H groups in total. The molecule has 0 spiro atoms. The lowest BCUT2D eigenvalue weighted by Gasteiger charge is -2.23. The Bertz CT molecular complexity index is 1060. The molecule has 0 unspecified atom stereocenters. The molecule has 0 atom stereocenters. The zero-order valence-corrected chi connectivity index (χ0v) is 15.3. The normalized spacial score (nSPS) is 11.3. The topological polar surface area (TPSA) is 79.4 Å². The second kappa shape index (κ2) is 7.13. The van der Waals surface area contributed by atoms with Crippen LogP contribution in [0.2, 0.25) is 0 Å². The first-order valence-corrected chi connectivity index (χ1v) is 9.88. The van der Waals surface area contributed by atoms with Crippen molar-refractivity contribution in [1.82, 2.24) is 4.98 Å². The smallest absolute Gasteiger partial charge is 0.245 e. The van der Waals surface area contributed by atoms with Gasteiger partial charge in [0.1, 0.15) is 6.54 Å². The number of aryl methyl sites for hydroxylation is 1. The Morgan fingerprint density at radius 3 is 2.58 bits per heavy atom. The van der Waals surface area contributed by atoms with Gasteiger partial charge in [0.25, 0.3) is 0 Å². The van der Waals surface area contributed by atoms with Gasteiger partial charge < -0.3 is 5.32 Å². The van der Waals surface area contributed by atoms with E-state index in [2.05, 4.69) is 10.3 Å². The molecule has 0 radical (unpaired) electrons. The van der Waals surface area contributed by atoms with Crippen molar-refractivity contribution >= 4 is 38.2 Å². The van der Waals surface area contributed by atoms with Crippen molar-refractivity contribution in [3.63, 3.8) is 0 Å². The van der Waals surface area contributed by atoms with Crippen LogP contribution in [0.3, 0.4) is 0 Å². The van der Waals surface area contributed by atoms with Crippen molar-refractivity contribution in [3.8, 4) is 0 Å². The number of aromatic nitrogens is 1. The largest absolute Gasteiger partial charge is 0.324 e. The average Bonchev–Trinajstić information content (AvgIpc) is 2.60. The Morgan fingerprint density at radius 1 is 1.08 bits per heavy atom. The number of pyridine rings is 1. The average molecular weight is 369 g/mol. The van der Waals surface area contributed by atoms with E-state index >= 15 is 0 Å². The third kappa shape index (κ3) is 3.83. The number of benzene rings is 2. The highest BCUT2D eigenvalue weighted by molar-refractivity contribution is 7.92. The Balaban J connectivity index is 1.88. The van der Waals surface area contributed by atoms with Crippen LogP contribution in [0.25, 0.3) is 10.9 Å². The quantitative estimate of drug-likeness (QED) is 0.750. The van der Waals surface area contributed by atoms with Crippen LogP contribution in [0.15, 0.2) is 60.8 Å². The van der Waals surface area contributed by atoms with Crippen molar-refractivity contribution in [1.29, 1.82) is 0 Å². The lowest BCUT2D eigenvalue weighted by molar-refractivity contribution is -0.114. The molecule has 3 aromatic rings. The standard InChI is InChI=1S/C19H19N3O3S/c1-14-7-3-4-11-18(14)22(26(2,24)25)13-19(23)21-17-10-5-9-16-15(17)8-6-12-20-16/h3-12H,13H2,1-2H3,(H,21,23). The van der Waals surface area contributed by atoms with Gasteiger partial charge in [-0.05, 0) is 42.8 Å². The van der Waals surface area contributed by atoms with Gasteiger partial charge in [-0.2, -0.15) is 0 Å². The molecule has 1 heterocycles. The summed E-state index contributed by atoms with van der Waals surface area (Å²) in [6, 6.07) is 16.1. The first-order chi connectivity index (χ1) is 12.4. The predicted octanol–water partition coefficient (Wildman–Crippen LogP) is 2.95. The van der Waals surface area contributed by atoms with E-state index in [0.29, 0.717) is 11.4 Å². The van der Waals surface area contributed by atoms with Gasteiger partial charge >= 0.3 is 0 Å². The summed E-state index contributed by atoms with van der Waals surface area (Å²) in [6.07, 6.45) is 2.77. The van der Waals surface area contributed by atoms with Crippen molar-refractivity contribution in [3.05, 3.63) is 66.4 Å². The number of hydrogen-bond acceptors (Lipinski definition) is 4. The Labute approximate surface area is 152 Å². The molecule has 7 heteroatoms. The molecular formula is C19H19N3O3S. The van der Waals surface area contributed by atoms with Gasteiger partial charge in [0.15, 0.2) is 0 Å². The molecule has 2 aromatic carbocycles. The molecular weight excluding hydrogens is 350 g/mol. The monoisotopic (exact) mass is 369 g/mol. The third-order valence-corrected chi connectivity index (χ3v) is 5.12. The number of anilines is 2. The van der Waals surface area contributed by atoms with Crippen LogP contribution in [0.5, 0.6) is 0 Å². The van der Waals surface area contributed by atoms with Crippen molar-refractivity contribution in [2.75, 3.05) is 22.4 Å². The van der Waals surface area contributed by atoms with Crippen molar-refractivity contribution in [2.24, 2.45) is 0 Å². The van der Waals surface area contributed by atoms with Gasteiger partial charge in [-0.1, -0.05) is 24.3 Å². The molecule has 0 aliphatic rings. The Hall–Kier alpha value is -2.93. The number of carbonyl (C=O) groups is 1. The van der Waals surface area contributed by atoms with E-state index in [0.717, 1.165) is 27.0 Å². The number of para-hydroxylation sites is 1. The summed E-state index contributed by atoms with van der Waals surface area (Å²) in [6.45, 7) is 1.50. The molecule has 0 aliphatic heterocycles. The lowest BCUT2D eigenvalue weighted by Crippen LogP contribution is -2.37. The number of amides is 1. The van der Waals surface area contributed by atoms with Crippen LogP contribution in [0, 0.1) is 6.92 Å². The van der Waals surface area contributed by atoms with E-state index in [4.69, 9.17) is 0 Å². The molecule has 0 aliphatic carbocycles. The predicted molar refractivity (Wildman–Crippen MR) is 104 cm³/mol. The number of hydrogen-bond donors (Lipinski definition) is 1. The van der Waals surface area contributed by atoms with E-state index in [1.54, 1.807) is 36.5 Å². The minimum absolute atomic E-state index is 0.305. The summed E-state index contributed by atoms with van der Waals surface area (Å²) in [5.74, 6) is -0.421. The molecule has 1 aromatic heterocycles. The fourth-order valence-corrected chi connectivity index (χ4v) is 3.67. The highest BCUT2D eigenvalue weighted by Gasteiger charge is 2.22. The summed E-state index contributed by atoms with van der Waals surface area (Å²) in [7, 11) is -3.61. The zero-order valence-electron chi connectivity index (χ0n) is 14.5. The third-order valence-electron chi connectivity index (χ3n) is 3.99. The molecule has 134 valence electrons. The SMILES string of the molecule is Cc1ccccc1N(CC(=O)Nc1cccc2ncccc12)S(C)(=O)=O. The number of nitrogens with zero attached hydrogens (tertiary/aromatic N) is 2. The second-order valence-corrected chi connectivity index (χ2v) is 7.89. The second-order valence-electron chi connectivity index (χ2n) is 5.98. The van der Waals surface area contributed by atoms with Crippen LogP contribution in [-0.4, -0.2) is 32.1 Å². The van der Waals surface area contributed by atoms with Gasteiger partial charge in [-0.15, -0.1) is 0 Å². The van der Waals surface area contributed by atoms with Crippen LogP contribution >= 0.6 is 0 Å². The van der Waals surface area contributed by atoms with Crippen molar-refractivity contribution < 1.29 is 13.2 Å². The number of nitrogens with one attached hydrogen (secondary N) is 1. The summed E-state index contributed by atoms with van der Waals surface area (Å²) in [5.41, 5.74) is 2.62. The summed E-state index contributed by atoms with van der Waals surface area (Å²) in [4.78, 5) is 16.8. The van der Waals surface area contributed by atoms with Crippen LogP contribution in [-0.2, 0) is 14.8 Å². The van der Waals surface area contributed by atoms with E-state index in [-0.39, 0.29) is 6.54 Å². The van der Waals surface area contributed by atoms with Crippen LogP contribution < -0.4 is 9.62 Å². The minimum Gasteiger partial charge on any atom is -0.324 e. The molecule has 0 fully saturated rings. The molecule has 26 heavy (non-hydrogen) atoms.